The number of aryl methyl sites for hydroxylation is 2. The van der Waals surface area contributed by atoms with Gasteiger partial charge >= 0.3 is 5.69 Å². The van der Waals surface area contributed by atoms with Crippen molar-refractivity contribution in [1.29, 1.82) is 0 Å². The Kier molecular flexibility index (Phi) is 4.63. The number of aromatic nitrogens is 5. The number of carbonyl (C=O) groups is 1. The lowest BCUT2D eigenvalue weighted by molar-refractivity contribution is -0.116. The molecule has 4 aromatic rings. The molecule has 0 atom stereocenters. The molecule has 3 aromatic heterocycles. The van der Waals surface area contributed by atoms with Crippen molar-refractivity contribution < 1.29 is 4.79 Å². The number of amides is 1. The summed E-state index contributed by atoms with van der Waals surface area (Å²) in [5, 5.41) is 3.23. The van der Waals surface area contributed by atoms with Crippen LogP contribution in [0, 0.1) is 6.92 Å². The van der Waals surface area contributed by atoms with Gasteiger partial charge in [-0.3, -0.25) is 18.7 Å². The first-order chi connectivity index (χ1) is 13.9. The van der Waals surface area contributed by atoms with Crippen molar-refractivity contribution in [2.75, 3.05) is 5.32 Å². The summed E-state index contributed by atoms with van der Waals surface area (Å²) in [6, 6.07) is 7.95. The second-order valence-electron chi connectivity index (χ2n) is 6.64. The van der Waals surface area contributed by atoms with Gasteiger partial charge in [-0.1, -0.05) is 35.6 Å². The molecule has 0 saturated heterocycles. The van der Waals surface area contributed by atoms with Crippen molar-refractivity contribution in [2.45, 2.75) is 13.5 Å². The Morgan fingerprint density at radius 3 is 2.66 bits per heavy atom. The summed E-state index contributed by atoms with van der Waals surface area (Å²) in [7, 11) is 2.92. The van der Waals surface area contributed by atoms with E-state index < -0.39 is 11.2 Å². The maximum Gasteiger partial charge on any atom is 0.332 e. The molecule has 0 unspecified atom stereocenters. The molecule has 0 radical (unpaired) electrons. The van der Waals surface area contributed by atoms with Crippen molar-refractivity contribution >= 4 is 33.5 Å². The highest BCUT2D eigenvalue weighted by Gasteiger charge is 2.16. The van der Waals surface area contributed by atoms with Crippen LogP contribution in [0.5, 0.6) is 0 Å². The number of hydrogen-bond acceptors (Lipinski definition) is 6. The monoisotopic (exact) mass is 410 g/mol. The average Bonchev–Trinajstić information content (AvgIpc) is 3.32. The molecule has 4 rings (SSSR count). The summed E-state index contributed by atoms with van der Waals surface area (Å²) in [4.78, 5) is 46.3. The van der Waals surface area contributed by atoms with Crippen LogP contribution in [0.3, 0.4) is 0 Å². The third-order valence-corrected chi connectivity index (χ3v) is 5.64. The molecule has 0 aliphatic rings. The minimum absolute atomic E-state index is 0.122. The van der Waals surface area contributed by atoms with Gasteiger partial charge in [0.05, 0.1) is 11.2 Å². The molecule has 1 aromatic carbocycles. The molecule has 0 spiro atoms. The van der Waals surface area contributed by atoms with E-state index in [1.165, 1.54) is 40.9 Å². The van der Waals surface area contributed by atoms with Crippen LogP contribution in [-0.4, -0.2) is 29.6 Å². The van der Waals surface area contributed by atoms with E-state index in [2.05, 4.69) is 15.3 Å². The fourth-order valence-corrected chi connectivity index (χ4v) is 4.06. The third kappa shape index (κ3) is 3.27. The van der Waals surface area contributed by atoms with Gasteiger partial charge in [0.1, 0.15) is 6.54 Å². The van der Waals surface area contributed by atoms with Crippen molar-refractivity contribution in [1.82, 2.24) is 23.7 Å². The quantitative estimate of drug-likeness (QED) is 0.549. The molecule has 10 heteroatoms. The second-order valence-corrected chi connectivity index (χ2v) is 7.67. The zero-order valence-corrected chi connectivity index (χ0v) is 16.9. The Labute approximate surface area is 168 Å². The minimum Gasteiger partial charge on any atom is -0.315 e. The minimum atomic E-state index is -0.496. The number of nitrogens with one attached hydrogen (secondary N) is 1. The summed E-state index contributed by atoms with van der Waals surface area (Å²) in [6.07, 6.45) is 3.10. The smallest absolute Gasteiger partial charge is 0.315 e. The number of thiazole rings is 1. The van der Waals surface area contributed by atoms with Crippen molar-refractivity contribution in [3.8, 4) is 10.4 Å². The number of nitrogens with zero attached hydrogens (tertiary/aromatic N) is 5. The van der Waals surface area contributed by atoms with Gasteiger partial charge in [-0.05, 0) is 18.1 Å². The van der Waals surface area contributed by atoms with E-state index in [4.69, 9.17) is 0 Å². The molecule has 0 fully saturated rings. The van der Waals surface area contributed by atoms with Crippen LogP contribution in [0.15, 0.2) is 46.4 Å². The predicted molar refractivity (Wildman–Crippen MR) is 111 cm³/mol. The zero-order valence-electron chi connectivity index (χ0n) is 16.0. The van der Waals surface area contributed by atoms with Gasteiger partial charge in [0.25, 0.3) is 5.56 Å². The molecule has 9 nitrogen and oxygen atoms in total. The highest BCUT2D eigenvalue weighted by atomic mass is 32.1. The van der Waals surface area contributed by atoms with Crippen molar-refractivity contribution in [3.63, 3.8) is 0 Å². The predicted octanol–water partition coefficient (Wildman–Crippen LogP) is 1.50. The van der Waals surface area contributed by atoms with Crippen LogP contribution < -0.4 is 16.6 Å². The number of rotatable bonds is 4. The first-order valence-corrected chi connectivity index (χ1v) is 9.61. The van der Waals surface area contributed by atoms with E-state index in [0.717, 1.165) is 20.6 Å². The standard InChI is InChI=1S/C19H18N6O3S/c1-11-6-4-5-7-12(11)13-8-20-18(29-13)22-14(26)9-25-10-21-16-15(25)17(27)24(3)19(28)23(16)2/h4-8,10H,9H2,1-3H3,(H,20,22,26). The lowest BCUT2D eigenvalue weighted by atomic mass is 10.1. The molecule has 148 valence electrons. The Morgan fingerprint density at radius 2 is 1.90 bits per heavy atom. The lowest BCUT2D eigenvalue weighted by Crippen LogP contribution is -2.37. The number of fused-ring (bicyclic) bond motifs is 1. The molecular weight excluding hydrogens is 392 g/mol. The molecule has 3 heterocycles. The topological polar surface area (TPSA) is 104 Å². The normalized spacial score (nSPS) is 11.1. The SMILES string of the molecule is Cc1ccccc1-c1cnc(NC(=O)Cn2cnc3c2c(=O)n(C)c(=O)n3C)s1. The van der Waals surface area contributed by atoms with Gasteiger partial charge in [-0.15, -0.1) is 0 Å². The Hall–Kier alpha value is -3.53. The molecule has 0 bridgehead atoms. The average molecular weight is 410 g/mol. The van der Waals surface area contributed by atoms with Crippen LogP contribution in [0.25, 0.3) is 21.6 Å². The molecular formula is C19H18N6O3S. The summed E-state index contributed by atoms with van der Waals surface area (Å²) in [5.41, 5.74) is 1.66. The van der Waals surface area contributed by atoms with Crippen LogP contribution >= 0.6 is 11.3 Å². The highest BCUT2D eigenvalue weighted by molar-refractivity contribution is 7.19. The molecule has 0 aliphatic carbocycles. The summed E-state index contributed by atoms with van der Waals surface area (Å²) in [5.74, 6) is -0.342. The highest BCUT2D eigenvalue weighted by Crippen LogP contribution is 2.31. The summed E-state index contributed by atoms with van der Waals surface area (Å²) >= 11 is 1.38. The zero-order chi connectivity index (χ0) is 20.7. The maximum absolute atomic E-state index is 12.5. The lowest BCUT2D eigenvalue weighted by Gasteiger charge is -2.06. The van der Waals surface area contributed by atoms with Gasteiger partial charge in [-0.25, -0.2) is 14.8 Å². The number of imidazole rings is 1. The molecule has 29 heavy (non-hydrogen) atoms. The van der Waals surface area contributed by atoms with Gasteiger partial charge in [-0.2, -0.15) is 0 Å². The van der Waals surface area contributed by atoms with E-state index in [1.54, 1.807) is 6.20 Å². The third-order valence-electron chi connectivity index (χ3n) is 4.69. The fourth-order valence-electron chi connectivity index (χ4n) is 3.14. The fraction of sp³-hybridized carbons (Fsp3) is 0.211. The molecule has 1 amide bonds. The maximum atomic E-state index is 12.5. The number of benzene rings is 1. The van der Waals surface area contributed by atoms with Crippen LogP contribution in [0.2, 0.25) is 0 Å². The first-order valence-electron chi connectivity index (χ1n) is 8.79. The van der Waals surface area contributed by atoms with E-state index in [0.29, 0.717) is 5.13 Å². The van der Waals surface area contributed by atoms with Crippen LogP contribution in [-0.2, 0) is 25.4 Å². The van der Waals surface area contributed by atoms with Gasteiger partial charge in [0.2, 0.25) is 5.91 Å². The second kappa shape index (κ2) is 7.13. The Bertz CT molecular complexity index is 1360. The van der Waals surface area contributed by atoms with Gasteiger partial charge < -0.3 is 9.88 Å². The summed E-state index contributed by atoms with van der Waals surface area (Å²) < 4.78 is 3.70. The first kappa shape index (κ1) is 18.8. The van der Waals surface area contributed by atoms with Crippen molar-refractivity contribution in [3.05, 3.63) is 63.2 Å². The van der Waals surface area contributed by atoms with E-state index in [-0.39, 0.29) is 23.6 Å². The number of carbonyl (C=O) groups excluding carboxylic acids is 1. The molecule has 1 N–H and O–H groups in total. The van der Waals surface area contributed by atoms with Crippen LogP contribution in [0.1, 0.15) is 5.56 Å². The van der Waals surface area contributed by atoms with E-state index >= 15 is 0 Å². The van der Waals surface area contributed by atoms with Crippen LogP contribution in [0.4, 0.5) is 5.13 Å². The summed E-state index contributed by atoms with van der Waals surface area (Å²) in [6.45, 7) is 1.90. The Balaban J connectivity index is 1.58. The van der Waals surface area contributed by atoms with Crippen molar-refractivity contribution in [2.24, 2.45) is 14.1 Å². The largest absolute Gasteiger partial charge is 0.332 e. The molecule has 0 saturated carbocycles. The van der Waals surface area contributed by atoms with Gasteiger partial charge in [0, 0.05) is 20.3 Å². The van der Waals surface area contributed by atoms with Gasteiger partial charge in [0.15, 0.2) is 16.3 Å². The number of hydrogen-bond donors (Lipinski definition) is 1. The molecule has 0 aliphatic heterocycles. The number of anilines is 1. The van der Waals surface area contributed by atoms with E-state index in [1.807, 2.05) is 31.2 Å². The van der Waals surface area contributed by atoms with E-state index in [9.17, 15) is 14.4 Å². The Morgan fingerprint density at radius 1 is 1.14 bits per heavy atom.